The maximum absolute atomic E-state index is 10.3. The van der Waals surface area contributed by atoms with Gasteiger partial charge < -0.3 is 10.6 Å². The van der Waals surface area contributed by atoms with E-state index in [4.69, 9.17) is 5.73 Å². The van der Waals surface area contributed by atoms with E-state index in [-0.39, 0.29) is 19.4 Å². The van der Waals surface area contributed by atoms with Crippen molar-refractivity contribution in [1.82, 2.24) is 5.48 Å². The molecular formula is C4H8N2O3. The van der Waals surface area contributed by atoms with Gasteiger partial charge in [-0.1, -0.05) is 0 Å². The second-order valence-corrected chi connectivity index (χ2v) is 1.25. The van der Waals surface area contributed by atoms with Crippen molar-refractivity contribution in [3.8, 4) is 0 Å². The number of hydroxylamine groups is 1. The van der Waals surface area contributed by atoms with Crippen molar-refractivity contribution in [2.24, 2.45) is 5.73 Å². The van der Waals surface area contributed by atoms with Crippen LogP contribution in [0.2, 0.25) is 0 Å². The number of amides is 1. The molecule has 0 bridgehead atoms. The van der Waals surface area contributed by atoms with Gasteiger partial charge in [0.1, 0.15) is 0 Å². The molecule has 52 valence electrons. The van der Waals surface area contributed by atoms with Crippen LogP contribution in [0.4, 0.5) is 0 Å². The minimum atomic E-state index is -0.537. The summed E-state index contributed by atoms with van der Waals surface area (Å²) < 4.78 is 0. The Balaban J connectivity index is 3.16. The van der Waals surface area contributed by atoms with E-state index in [1.165, 1.54) is 0 Å². The Morgan fingerprint density at radius 2 is 2.44 bits per heavy atom. The van der Waals surface area contributed by atoms with Crippen molar-refractivity contribution < 1.29 is 14.4 Å². The molecule has 0 aliphatic heterocycles. The van der Waals surface area contributed by atoms with Crippen molar-refractivity contribution in [2.75, 3.05) is 6.54 Å². The zero-order valence-corrected chi connectivity index (χ0v) is 4.79. The molecule has 1 amide bonds. The second kappa shape index (κ2) is 5.04. The lowest BCUT2D eigenvalue weighted by Crippen LogP contribution is -2.20. The van der Waals surface area contributed by atoms with Crippen molar-refractivity contribution in [1.29, 1.82) is 0 Å². The molecule has 0 aromatic heterocycles. The Hall–Kier alpha value is -1.10. The molecule has 5 nitrogen and oxygen atoms in total. The zero-order valence-electron chi connectivity index (χ0n) is 4.79. The van der Waals surface area contributed by atoms with Crippen LogP contribution >= 0.6 is 0 Å². The highest BCUT2D eigenvalue weighted by atomic mass is 16.7. The van der Waals surface area contributed by atoms with Crippen LogP contribution in [0.25, 0.3) is 0 Å². The Bertz CT molecular complexity index is 104. The third kappa shape index (κ3) is 4.76. The Morgan fingerprint density at radius 3 is 2.89 bits per heavy atom. The van der Waals surface area contributed by atoms with E-state index < -0.39 is 5.97 Å². The lowest BCUT2D eigenvalue weighted by molar-refractivity contribution is -0.154. The number of carbonyl (C=O) groups is 2. The van der Waals surface area contributed by atoms with Crippen LogP contribution in [0.3, 0.4) is 0 Å². The molecule has 0 aliphatic rings. The molecule has 0 radical (unpaired) electrons. The highest BCUT2D eigenvalue weighted by Gasteiger charge is 1.97. The van der Waals surface area contributed by atoms with Gasteiger partial charge in [-0.3, -0.25) is 4.79 Å². The van der Waals surface area contributed by atoms with Crippen LogP contribution < -0.4 is 11.2 Å². The van der Waals surface area contributed by atoms with Gasteiger partial charge in [0.15, 0.2) is 0 Å². The Morgan fingerprint density at radius 1 is 1.78 bits per heavy atom. The summed E-state index contributed by atoms with van der Waals surface area (Å²) >= 11 is 0. The first-order valence-electron chi connectivity index (χ1n) is 2.40. The normalized spacial score (nSPS) is 8.11. The van der Waals surface area contributed by atoms with Gasteiger partial charge in [0.2, 0.25) is 6.41 Å². The molecule has 0 unspecified atom stereocenters. The standard InChI is InChI=1S/C4H8N2O3/c5-2-1-4(8)9-6-3-7/h3H,1-2,5H2,(H,6,7). The minimum absolute atomic E-state index is 0.112. The fraction of sp³-hybridized carbons (Fsp3) is 0.500. The Kier molecular flexibility index (Phi) is 4.43. The molecule has 0 rings (SSSR count). The summed E-state index contributed by atoms with van der Waals surface area (Å²) in [7, 11) is 0. The van der Waals surface area contributed by atoms with Gasteiger partial charge in [-0.25, -0.2) is 4.79 Å². The molecule has 0 heterocycles. The van der Waals surface area contributed by atoms with Gasteiger partial charge in [-0.05, 0) is 0 Å². The minimum Gasteiger partial charge on any atom is -0.341 e. The fourth-order valence-corrected chi connectivity index (χ4v) is 0.259. The molecule has 0 aliphatic carbocycles. The number of hydrogen-bond acceptors (Lipinski definition) is 4. The molecule has 3 N–H and O–H groups in total. The van der Waals surface area contributed by atoms with Crippen LogP contribution in [0.1, 0.15) is 6.42 Å². The highest BCUT2D eigenvalue weighted by Crippen LogP contribution is 1.76. The molecule has 0 atom stereocenters. The summed E-state index contributed by atoms with van der Waals surface area (Å²) in [6.07, 6.45) is 0.384. The van der Waals surface area contributed by atoms with Crippen LogP contribution in [-0.4, -0.2) is 18.9 Å². The predicted octanol–water partition coefficient (Wildman–Crippen LogP) is -1.46. The van der Waals surface area contributed by atoms with Gasteiger partial charge in [-0.15, -0.1) is 0 Å². The van der Waals surface area contributed by atoms with Crippen LogP contribution in [0.5, 0.6) is 0 Å². The predicted molar refractivity (Wildman–Crippen MR) is 29.0 cm³/mol. The molecular weight excluding hydrogens is 124 g/mol. The van der Waals surface area contributed by atoms with E-state index in [2.05, 4.69) is 4.84 Å². The molecule has 0 saturated carbocycles. The number of hydrogen-bond donors (Lipinski definition) is 2. The number of nitrogens with two attached hydrogens (primary N) is 1. The number of nitrogens with one attached hydrogen (secondary N) is 1. The fourth-order valence-electron chi connectivity index (χ4n) is 0.259. The smallest absolute Gasteiger partial charge is 0.333 e. The summed E-state index contributed by atoms with van der Waals surface area (Å²) in [6, 6.07) is 0. The topological polar surface area (TPSA) is 81.4 Å². The first kappa shape index (κ1) is 7.90. The van der Waals surface area contributed by atoms with Gasteiger partial charge in [0.25, 0.3) is 0 Å². The SMILES string of the molecule is NCCC(=O)ONC=O. The first-order chi connectivity index (χ1) is 4.31. The third-order valence-electron chi connectivity index (χ3n) is 0.569. The van der Waals surface area contributed by atoms with E-state index >= 15 is 0 Å². The van der Waals surface area contributed by atoms with Crippen LogP contribution in [0, 0.1) is 0 Å². The summed E-state index contributed by atoms with van der Waals surface area (Å²) in [6.45, 7) is 0.222. The molecule has 0 aromatic carbocycles. The average molecular weight is 132 g/mol. The molecule has 0 aromatic rings. The zero-order chi connectivity index (χ0) is 7.11. The third-order valence-corrected chi connectivity index (χ3v) is 0.569. The average Bonchev–Trinajstić information content (AvgIpc) is 1.85. The highest BCUT2D eigenvalue weighted by molar-refractivity contribution is 5.70. The maximum Gasteiger partial charge on any atom is 0.333 e. The van der Waals surface area contributed by atoms with Crippen molar-refractivity contribution in [3.05, 3.63) is 0 Å². The lowest BCUT2D eigenvalue weighted by Gasteiger charge is -1.96. The van der Waals surface area contributed by atoms with Crippen molar-refractivity contribution in [3.63, 3.8) is 0 Å². The van der Waals surface area contributed by atoms with E-state index in [9.17, 15) is 9.59 Å². The van der Waals surface area contributed by atoms with E-state index in [1.54, 1.807) is 5.48 Å². The summed E-state index contributed by atoms with van der Waals surface area (Å²) in [4.78, 5) is 23.9. The lowest BCUT2D eigenvalue weighted by atomic mass is 10.4. The molecule has 0 spiro atoms. The maximum atomic E-state index is 10.3. The van der Waals surface area contributed by atoms with Crippen molar-refractivity contribution in [2.45, 2.75) is 6.42 Å². The largest absolute Gasteiger partial charge is 0.341 e. The number of carbonyl (C=O) groups excluding carboxylic acids is 2. The molecule has 5 heteroatoms. The van der Waals surface area contributed by atoms with Gasteiger partial charge in [0, 0.05) is 6.54 Å². The second-order valence-electron chi connectivity index (χ2n) is 1.25. The van der Waals surface area contributed by atoms with E-state index in [0.717, 1.165) is 0 Å². The van der Waals surface area contributed by atoms with E-state index in [1.807, 2.05) is 0 Å². The first-order valence-corrected chi connectivity index (χ1v) is 2.40. The monoisotopic (exact) mass is 132 g/mol. The molecule has 0 saturated heterocycles. The van der Waals surface area contributed by atoms with Gasteiger partial charge in [-0.2, -0.15) is 5.48 Å². The number of rotatable bonds is 4. The van der Waals surface area contributed by atoms with E-state index in [0.29, 0.717) is 0 Å². The van der Waals surface area contributed by atoms with Gasteiger partial charge >= 0.3 is 5.97 Å². The van der Waals surface area contributed by atoms with Crippen molar-refractivity contribution >= 4 is 12.4 Å². The summed E-state index contributed by atoms with van der Waals surface area (Å²) in [5.41, 5.74) is 6.73. The molecule has 0 fully saturated rings. The Labute approximate surface area is 52.1 Å². The summed E-state index contributed by atoms with van der Waals surface area (Å²) in [5, 5.41) is 0. The summed E-state index contributed by atoms with van der Waals surface area (Å²) in [5.74, 6) is -0.537. The van der Waals surface area contributed by atoms with Crippen LogP contribution in [0.15, 0.2) is 0 Å². The van der Waals surface area contributed by atoms with Crippen LogP contribution in [-0.2, 0) is 14.4 Å². The molecule has 9 heavy (non-hydrogen) atoms. The van der Waals surface area contributed by atoms with Gasteiger partial charge in [0.05, 0.1) is 6.42 Å². The quantitative estimate of drug-likeness (QED) is 0.362.